The van der Waals surface area contributed by atoms with E-state index in [1.54, 1.807) is 4.90 Å². The van der Waals surface area contributed by atoms with Crippen LogP contribution in [0.25, 0.3) is 0 Å². The predicted molar refractivity (Wildman–Crippen MR) is 74.1 cm³/mol. The van der Waals surface area contributed by atoms with Crippen molar-refractivity contribution in [2.45, 2.75) is 27.0 Å². The van der Waals surface area contributed by atoms with Crippen molar-refractivity contribution in [3.63, 3.8) is 0 Å². The molecule has 2 rings (SSSR count). The summed E-state index contributed by atoms with van der Waals surface area (Å²) in [5, 5.41) is 0. The van der Waals surface area contributed by atoms with Gasteiger partial charge in [0.2, 0.25) is 0 Å². The van der Waals surface area contributed by atoms with Crippen LogP contribution in [0.5, 0.6) is 0 Å². The van der Waals surface area contributed by atoms with Crippen molar-refractivity contribution in [2.24, 2.45) is 5.92 Å². The summed E-state index contributed by atoms with van der Waals surface area (Å²) in [6.45, 7) is 7.03. The second-order valence-electron chi connectivity index (χ2n) is 5.46. The Balaban J connectivity index is 1.85. The number of rotatable bonds is 4. The Morgan fingerprint density at radius 2 is 2.20 bits per heavy atom. The summed E-state index contributed by atoms with van der Waals surface area (Å²) in [4.78, 5) is 13.6. The number of aromatic nitrogens is 1. The van der Waals surface area contributed by atoms with E-state index >= 15 is 0 Å². The van der Waals surface area contributed by atoms with E-state index in [0.717, 1.165) is 6.42 Å². The quantitative estimate of drug-likeness (QED) is 0.786. The van der Waals surface area contributed by atoms with Crippen molar-refractivity contribution in [3.8, 4) is 0 Å². The third-order valence-corrected chi connectivity index (χ3v) is 3.17. The van der Waals surface area contributed by atoms with E-state index in [1.807, 2.05) is 23.0 Å². The first kappa shape index (κ1) is 14.8. The van der Waals surface area contributed by atoms with Gasteiger partial charge in [0.15, 0.2) is 12.4 Å². The van der Waals surface area contributed by atoms with Crippen LogP contribution in [0.1, 0.15) is 19.4 Å². The highest BCUT2D eigenvalue weighted by atomic mass is 16.6. The molecule has 0 aliphatic carbocycles. The van der Waals surface area contributed by atoms with Gasteiger partial charge in [0.1, 0.15) is 0 Å². The first-order valence-corrected chi connectivity index (χ1v) is 7.12. The third kappa shape index (κ3) is 4.49. The maximum atomic E-state index is 11.9. The molecule has 1 amide bonds. The number of nitrogens with zero attached hydrogens (tertiary/aromatic N) is 2. The van der Waals surface area contributed by atoms with Crippen molar-refractivity contribution in [1.29, 1.82) is 0 Å². The zero-order valence-electron chi connectivity index (χ0n) is 12.2. The highest BCUT2D eigenvalue weighted by molar-refractivity contribution is 5.67. The van der Waals surface area contributed by atoms with Gasteiger partial charge in [0.25, 0.3) is 6.73 Å². The molecule has 1 saturated heterocycles. The summed E-state index contributed by atoms with van der Waals surface area (Å²) in [6, 6.07) is 4.08. The van der Waals surface area contributed by atoms with Crippen molar-refractivity contribution in [3.05, 3.63) is 30.1 Å². The summed E-state index contributed by atoms with van der Waals surface area (Å²) >= 11 is 0. The highest BCUT2D eigenvalue weighted by Gasteiger charge is 2.19. The molecule has 0 aromatic carbocycles. The molecular weight excluding hydrogens is 256 g/mol. The predicted octanol–water partition coefficient (Wildman–Crippen LogP) is 1.60. The van der Waals surface area contributed by atoms with E-state index < -0.39 is 0 Å². The number of hydrogen-bond donors (Lipinski definition) is 0. The topological polar surface area (TPSA) is 42.7 Å². The lowest BCUT2D eigenvalue weighted by Gasteiger charge is -2.25. The average molecular weight is 279 g/mol. The van der Waals surface area contributed by atoms with Crippen LogP contribution >= 0.6 is 0 Å². The van der Waals surface area contributed by atoms with Crippen LogP contribution in [0.4, 0.5) is 4.79 Å². The van der Waals surface area contributed by atoms with E-state index in [1.165, 1.54) is 5.56 Å². The van der Waals surface area contributed by atoms with Gasteiger partial charge in [0.05, 0.1) is 13.2 Å². The molecule has 1 aliphatic heterocycles. The Morgan fingerprint density at radius 3 is 2.90 bits per heavy atom. The maximum Gasteiger partial charge on any atom is 0.414 e. The molecule has 0 atom stereocenters. The number of carbonyl (C=O) groups is 1. The van der Waals surface area contributed by atoms with Crippen LogP contribution in [-0.4, -0.2) is 37.3 Å². The van der Waals surface area contributed by atoms with Crippen molar-refractivity contribution in [1.82, 2.24) is 4.90 Å². The number of pyridine rings is 1. The molecule has 5 nitrogen and oxygen atoms in total. The zero-order chi connectivity index (χ0) is 14.4. The molecule has 1 fully saturated rings. The number of amides is 1. The summed E-state index contributed by atoms with van der Waals surface area (Å²) in [5.74, 6) is 0.613. The summed E-state index contributed by atoms with van der Waals surface area (Å²) < 4.78 is 12.4. The Morgan fingerprint density at radius 1 is 1.45 bits per heavy atom. The monoisotopic (exact) mass is 279 g/mol. The van der Waals surface area contributed by atoms with Crippen molar-refractivity contribution >= 4 is 6.09 Å². The Hall–Kier alpha value is -1.62. The highest BCUT2D eigenvalue weighted by Crippen LogP contribution is 2.05. The van der Waals surface area contributed by atoms with Crippen LogP contribution < -0.4 is 4.57 Å². The van der Waals surface area contributed by atoms with Gasteiger partial charge < -0.3 is 14.4 Å². The molecule has 1 aliphatic rings. The minimum atomic E-state index is -0.268. The van der Waals surface area contributed by atoms with E-state index in [4.69, 9.17) is 9.47 Å². The van der Waals surface area contributed by atoms with Gasteiger partial charge in [-0.1, -0.05) is 13.8 Å². The van der Waals surface area contributed by atoms with Gasteiger partial charge in [-0.05, 0) is 18.4 Å². The van der Waals surface area contributed by atoms with E-state index in [0.29, 0.717) is 32.2 Å². The molecule has 20 heavy (non-hydrogen) atoms. The first-order chi connectivity index (χ1) is 9.65. The lowest BCUT2D eigenvalue weighted by atomic mass is 10.1. The fraction of sp³-hybridized carbons (Fsp3) is 0.600. The van der Waals surface area contributed by atoms with E-state index in [-0.39, 0.29) is 12.8 Å². The average Bonchev–Trinajstić information content (AvgIpc) is 2.45. The second-order valence-corrected chi connectivity index (χ2v) is 5.46. The molecule has 0 radical (unpaired) electrons. The minimum Gasteiger partial charge on any atom is -0.388 e. The van der Waals surface area contributed by atoms with Crippen LogP contribution in [-0.2, 0) is 22.6 Å². The van der Waals surface area contributed by atoms with Gasteiger partial charge in [0, 0.05) is 24.7 Å². The minimum absolute atomic E-state index is 0.252. The van der Waals surface area contributed by atoms with E-state index in [2.05, 4.69) is 19.9 Å². The molecule has 2 heterocycles. The van der Waals surface area contributed by atoms with E-state index in [9.17, 15) is 4.79 Å². The lowest BCUT2D eigenvalue weighted by Crippen LogP contribution is -2.44. The summed E-state index contributed by atoms with van der Waals surface area (Å²) in [7, 11) is 0. The molecule has 1 aromatic heterocycles. The summed E-state index contributed by atoms with van der Waals surface area (Å²) in [6.07, 6.45) is 4.71. The molecule has 0 saturated carbocycles. The van der Waals surface area contributed by atoms with Gasteiger partial charge >= 0.3 is 6.09 Å². The second kappa shape index (κ2) is 7.24. The molecule has 110 valence electrons. The van der Waals surface area contributed by atoms with Gasteiger partial charge in [-0.15, -0.1) is 0 Å². The fourth-order valence-corrected chi connectivity index (χ4v) is 2.22. The Bertz CT molecular complexity index is 442. The summed E-state index contributed by atoms with van der Waals surface area (Å²) in [5.41, 5.74) is 1.25. The fourth-order valence-electron chi connectivity index (χ4n) is 2.22. The zero-order valence-corrected chi connectivity index (χ0v) is 12.2. The van der Waals surface area contributed by atoms with Crippen LogP contribution in [0.15, 0.2) is 24.5 Å². The smallest absolute Gasteiger partial charge is 0.388 e. The molecule has 5 heteroatoms. The third-order valence-electron chi connectivity index (χ3n) is 3.17. The van der Waals surface area contributed by atoms with Gasteiger partial charge in [-0.3, -0.25) is 0 Å². The van der Waals surface area contributed by atoms with Gasteiger partial charge in [-0.2, -0.15) is 4.57 Å². The van der Waals surface area contributed by atoms with Crippen molar-refractivity contribution < 1.29 is 18.8 Å². The molecule has 0 unspecified atom stereocenters. The van der Waals surface area contributed by atoms with Gasteiger partial charge in [-0.25, -0.2) is 4.79 Å². The molecule has 1 aromatic rings. The first-order valence-electron chi connectivity index (χ1n) is 7.12. The maximum absolute atomic E-state index is 11.9. The lowest BCUT2D eigenvalue weighted by molar-refractivity contribution is -0.727. The van der Waals surface area contributed by atoms with Crippen LogP contribution in [0, 0.1) is 5.92 Å². The molecule has 0 N–H and O–H groups in total. The molecule has 0 spiro atoms. The number of hydrogen-bond acceptors (Lipinski definition) is 3. The normalized spacial score (nSPS) is 15.4. The largest absolute Gasteiger partial charge is 0.414 e. The Kier molecular flexibility index (Phi) is 5.35. The number of ether oxygens (including phenoxy) is 2. The standard InChI is InChI=1S/C15H23N2O3/c1-13(2)10-14-4-3-5-16(11-14)12-20-15(18)17-6-8-19-9-7-17/h3-5,11,13H,6-10,12H2,1-2H3/q+1. The SMILES string of the molecule is CC(C)Cc1ccc[n+](COC(=O)N2CCOCC2)c1. The number of morpholine rings is 1. The van der Waals surface area contributed by atoms with Crippen LogP contribution in [0.2, 0.25) is 0 Å². The Labute approximate surface area is 120 Å². The van der Waals surface area contributed by atoms with Crippen molar-refractivity contribution in [2.75, 3.05) is 26.3 Å². The molecular formula is C15H23N2O3+. The molecule has 0 bridgehead atoms. The van der Waals surface area contributed by atoms with Crippen LogP contribution in [0.3, 0.4) is 0 Å². The number of carbonyl (C=O) groups excluding carboxylic acids is 1.